The fourth-order valence-corrected chi connectivity index (χ4v) is 5.07. The minimum absolute atomic E-state index is 0.119. The predicted molar refractivity (Wildman–Crippen MR) is 151 cm³/mol. The molecule has 0 unspecified atom stereocenters. The van der Waals surface area contributed by atoms with Crippen molar-refractivity contribution >= 4 is 75.1 Å². The van der Waals surface area contributed by atoms with E-state index >= 15 is 0 Å². The molecule has 0 aliphatic heterocycles. The second-order valence-electron chi connectivity index (χ2n) is 8.13. The lowest BCUT2D eigenvalue weighted by atomic mass is 10.0. The Morgan fingerprint density at radius 2 is 1.83 bits per heavy atom. The zero-order chi connectivity index (χ0) is 25.7. The largest absolute Gasteiger partial charge is 0.342 e. The summed E-state index contributed by atoms with van der Waals surface area (Å²) in [4.78, 5) is 25.3. The molecule has 3 aromatic rings. The Balaban J connectivity index is 1.65. The van der Waals surface area contributed by atoms with Crippen molar-refractivity contribution in [2.45, 2.75) is 51.4 Å². The van der Waals surface area contributed by atoms with Crippen LogP contribution in [0.5, 0.6) is 0 Å². The number of benzene rings is 2. The molecule has 7 nitrogen and oxygen atoms in total. The van der Waals surface area contributed by atoms with Crippen LogP contribution < -0.4 is 10.6 Å². The third-order valence-electron chi connectivity index (χ3n) is 5.22. The first-order chi connectivity index (χ1) is 16.6. The summed E-state index contributed by atoms with van der Waals surface area (Å²) >= 11 is 15.5. The van der Waals surface area contributed by atoms with Crippen molar-refractivity contribution in [2.75, 3.05) is 11.1 Å². The van der Waals surface area contributed by atoms with Crippen molar-refractivity contribution < 1.29 is 9.59 Å². The van der Waals surface area contributed by atoms with E-state index in [1.807, 2.05) is 30.5 Å². The lowest BCUT2D eigenvalue weighted by Crippen LogP contribution is -2.28. The highest BCUT2D eigenvalue weighted by Gasteiger charge is 2.21. The lowest BCUT2D eigenvalue weighted by Gasteiger charge is -2.16. The molecule has 0 aliphatic carbocycles. The van der Waals surface area contributed by atoms with Crippen LogP contribution in [0.15, 0.2) is 41.6 Å². The van der Waals surface area contributed by atoms with Gasteiger partial charge in [-0.25, -0.2) is 0 Å². The predicted octanol–water partition coefficient (Wildman–Crippen LogP) is 6.55. The van der Waals surface area contributed by atoms with Gasteiger partial charge in [-0.05, 0) is 84.3 Å². The number of hydrogen-bond donors (Lipinski definition) is 2. The van der Waals surface area contributed by atoms with Gasteiger partial charge in [-0.3, -0.25) is 9.59 Å². The van der Waals surface area contributed by atoms with E-state index in [4.69, 9.17) is 23.2 Å². The fraction of sp³-hybridized carbons (Fsp3) is 0.333. The number of aromatic nitrogens is 3. The molecule has 2 amide bonds. The SMILES string of the molecule is CCn1c(SCC(=O)Nc2ccc(I)cc2C(C)C)nnc1[C@H](C)NC(=O)c1ccc(Cl)c(Cl)c1. The maximum Gasteiger partial charge on any atom is 0.251 e. The summed E-state index contributed by atoms with van der Waals surface area (Å²) in [5.41, 5.74) is 2.32. The molecule has 1 atom stereocenters. The molecule has 3 rings (SSSR count). The van der Waals surface area contributed by atoms with Gasteiger partial charge in [0.1, 0.15) is 0 Å². The maximum absolute atomic E-state index is 12.7. The van der Waals surface area contributed by atoms with Crippen LogP contribution in [0.1, 0.15) is 61.4 Å². The van der Waals surface area contributed by atoms with Crippen molar-refractivity contribution in [3.63, 3.8) is 0 Å². The van der Waals surface area contributed by atoms with E-state index in [0.717, 1.165) is 14.8 Å². The van der Waals surface area contributed by atoms with Gasteiger partial charge in [-0.15, -0.1) is 10.2 Å². The Hall–Kier alpha value is -1.82. The van der Waals surface area contributed by atoms with Crippen LogP contribution in [0.25, 0.3) is 0 Å². The van der Waals surface area contributed by atoms with Gasteiger partial charge in [-0.2, -0.15) is 0 Å². The van der Waals surface area contributed by atoms with Crippen LogP contribution in [0, 0.1) is 3.57 Å². The molecule has 2 N–H and O–H groups in total. The molecule has 1 heterocycles. The highest BCUT2D eigenvalue weighted by molar-refractivity contribution is 14.1. The van der Waals surface area contributed by atoms with E-state index in [9.17, 15) is 9.59 Å². The number of hydrogen-bond acceptors (Lipinski definition) is 5. The molecule has 0 bridgehead atoms. The molecule has 2 aromatic carbocycles. The van der Waals surface area contributed by atoms with Crippen molar-refractivity contribution in [1.29, 1.82) is 0 Å². The monoisotopic (exact) mass is 645 g/mol. The van der Waals surface area contributed by atoms with Crippen molar-refractivity contribution in [3.8, 4) is 0 Å². The Morgan fingerprint density at radius 3 is 2.49 bits per heavy atom. The Morgan fingerprint density at radius 1 is 1.09 bits per heavy atom. The summed E-state index contributed by atoms with van der Waals surface area (Å²) in [6.45, 7) is 8.58. The Labute approximate surface area is 232 Å². The van der Waals surface area contributed by atoms with E-state index in [2.05, 4.69) is 63.3 Å². The molecular weight excluding hydrogens is 620 g/mol. The van der Waals surface area contributed by atoms with Gasteiger partial charge in [-0.1, -0.05) is 48.8 Å². The quantitative estimate of drug-likeness (QED) is 0.203. The molecule has 186 valence electrons. The van der Waals surface area contributed by atoms with Gasteiger partial charge in [0.2, 0.25) is 5.91 Å². The summed E-state index contributed by atoms with van der Waals surface area (Å²) in [7, 11) is 0. The first-order valence-corrected chi connectivity index (χ1v) is 13.8. The number of anilines is 1. The van der Waals surface area contributed by atoms with Crippen molar-refractivity contribution in [1.82, 2.24) is 20.1 Å². The molecule has 0 saturated carbocycles. The van der Waals surface area contributed by atoms with Gasteiger partial charge in [0.05, 0.1) is 21.8 Å². The number of nitrogens with zero attached hydrogens (tertiary/aromatic N) is 3. The number of halogens is 3. The van der Waals surface area contributed by atoms with E-state index in [-0.39, 0.29) is 17.6 Å². The Kier molecular flexibility index (Phi) is 9.86. The van der Waals surface area contributed by atoms with Crippen LogP contribution in [-0.2, 0) is 11.3 Å². The number of thioether (sulfide) groups is 1. The zero-order valence-electron chi connectivity index (χ0n) is 19.7. The minimum Gasteiger partial charge on any atom is -0.342 e. The average Bonchev–Trinajstić information content (AvgIpc) is 3.23. The Bertz CT molecular complexity index is 1230. The normalized spacial score (nSPS) is 12.0. The summed E-state index contributed by atoms with van der Waals surface area (Å²) in [6, 6.07) is 10.3. The topological polar surface area (TPSA) is 88.9 Å². The number of amides is 2. The van der Waals surface area contributed by atoms with Gasteiger partial charge in [0.15, 0.2) is 11.0 Å². The molecule has 0 saturated heterocycles. The molecule has 35 heavy (non-hydrogen) atoms. The number of rotatable bonds is 9. The summed E-state index contributed by atoms with van der Waals surface area (Å²) in [5, 5.41) is 15.8. The highest BCUT2D eigenvalue weighted by atomic mass is 127. The standard InChI is InChI=1S/C24H26Cl2IN5O2S/c1-5-32-22(14(4)28-23(34)15-6-8-18(25)19(26)10-15)30-31-24(32)35-12-21(33)29-20-9-7-16(27)11-17(20)13(2)3/h6-11,13-14H,5,12H2,1-4H3,(H,28,34)(H,29,33)/t14-/m0/s1. The molecule has 11 heteroatoms. The molecule has 0 aliphatic rings. The summed E-state index contributed by atoms with van der Waals surface area (Å²) in [6.07, 6.45) is 0. The average molecular weight is 646 g/mol. The van der Waals surface area contributed by atoms with Crippen LogP contribution in [0.3, 0.4) is 0 Å². The third-order valence-corrected chi connectivity index (χ3v) is 7.60. The molecule has 0 spiro atoms. The third kappa shape index (κ3) is 7.12. The number of carbonyl (C=O) groups excluding carboxylic acids is 2. The van der Waals surface area contributed by atoms with Crippen LogP contribution >= 0.6 is 57.6 Å². The molecule has 0 fully saturated rings. The molecule has 1 aromatic heterocycles. The van der Waals surface area contributed by atoms with Crippen molar-refractivity contribution in [2.24, 2.45) is 0 Å². The molecular formula is C24H26Cl2IN5O2S. The highest BCUT2D eigenvalue weighted by Crippen LogP contribution is 2.27. The van der Waals surface area contributed by atoms with Gasteiger partial charge < -0.3 is 15.2 Å². The van der Waals surface area contributed by atoms with E-state index in [0.29, 0.717) is 39.1 Å². The summed E-state index contributed by atoms with van der Waals surface area (Å²) in [5.74, 6) is 0.661. The fourth-order valence-electron chi connectivity index (χ4n) is 3.45. The minimum atomic E-state index is -0.409. The second-order valence-corrected chi connectivity index (χ2v) is 11.1. The molecule has 0 radical (unpaired) electrons. The zero-order valence-corrected chi connectivity index (χ0v) is 24.2. The second kappa shape index (κ2) is 12.4. The van der Waals surface area contributed by atoms with Gasteiger partial charge in [0.25, 0.3) is 5.91 Å². The number of carbonyl (C=O) groups is 2. The summed E-state index contributed by atoms with van der Waals surface area (Å²) < 4.78 is 3.02. The first kappa shape index (κ1) is 27.8. The van der Waals surface area contributed by atoms with E-state index < -0.39 is 6.04 Å². The van der Waals surface area contributed by atoms with Crippen molar-refractivity contribution in [3.05, 3.63) is 67.0 Å². The van der Waals surface area contributed by atoms with E-state index in [1.165, 1.54) is 17.8 Å². The first-order valence-electron chi connectivity index (χ1n) is 11.0. The smallest absolute Gasteiger partial charge is 0.251 e. The van der Waals surface area contributed by atoms with Crippen LogP contribution in [-0.4, -0.2) is 32.3 Å². The number of nitrogens with one attached hydrogen (secondary N) is 2. The maximum atomic E-state index is 12.7. The lowest BCUT2D eigenvalue weighted by molar-refractivity contribution is -0.113. The van der Waals surface area contributed by atoms with Gasteiger partial charge >= 0.3 is 0 Å². The van der Waals surface area contributed by atoms with Crippen LogP contribution in [0.2, 0.25) is 10.0 Å². The van der Waals surface area contributed by atoms with Crippen LogP contribution in [0.4, 0.5) is 5.69 Å². The van der Waals surface area contributed by atoms with Gasteiger partial charge in [0, 0.05) is 21.4 Å². The van der Waals surface area contributed by atoms with E-state index in [1.54, 1.807) is 12.1 Å².